The van der Waals surface area contributed by atoms with Crippen molar-refractivity contribution in [2.75, 3.05) is 5.32 Å². The van der Waals surface area contributed by atoms with Gasteiger partial charge >= 0.3 is 0 Å². The minimum atomic E-state index is -0.511. The summed E-state index contributed by atoms with van der Waals surface area (Å²) in [5.41, 5.74) is 3.35. The van der Waals surface area contributed by atoms with Gasteiger partial charge in [0.2, 0.25) is 0 Å². The van der Waals surface area contributed by atoms with Gasteiger partial charge in [0, 0.05) is 39.9 Å². The SMILES string of the molecule is N#CC(=Cc1cn(Cc2ccc(Cl)cc2)c2ccccc12)C(=O)Nc1ccc(O)cc1. The number of rotatable bonds is 5. The van der Waals surface area contributed by atoms with Crippen LogP contribution in [0.2, 0.25) is 5.02 Å². The second-order valence-electron chi connectivity index (χ2n) is 7.03. The molecule has 0 spiro atoms. The number of nitrogens with one attached hydrogen (secondary N) is 1. The van der Waals surface area contributed by atoms with E-state index in [2.05, 4.69) is 9.88 Å². The van der Waals surface area contributed by atoms with Crippen LogP contribution in [0.5, 0.6) is 5.75 Å². The van der Waals surface area contributed by atoms with E-state index in [9.17, 15) is 15.2 Å². The molecule has 1 heterocycles. The summed E-state index contributed by atoms with van der Waals surface area (Å²) < 4.78 is 2.08. The molecule has 1 amide bonds. The summed E-state index contributed by atoms with van der Waals surface area (Å²) in [5, 5.41) is 23.3. The van der Waals surface area contributed by atoms with Crippen molar-refractivity contribution in [1.29, 1.82) is 5.26 Å². The third-order valence-corrected chi connectivity index (χ3v) is 5.13. The monoisotopic (exact) mass is 427 g/mol. The van der Waals surface area contributed by atoms with E-state index >= 15 is 0 Å². The Balaban J connectivity index is 1.66. The summed E-state index contributed by atoms with van der Waals surface area (Å²) in [7, 11) is 0. The lowest BCUT2D eigenvalue weighted by molar-refractivity contribution is -0.112. The van der Waals surface area contributed by atoms with Crippen LogP contribution < -0.4 is 5.32 Å². The van der Waals surface area contributed by atoms with Gasteiger partial charge in [0.15, 0.2) is 0 Å². The van der Waals surface area contributed by atoms with Crippen LogP contribution in [0.25, 0.3) is 17.0 Å². The van der Waals surface area contributed by atoms with E-state index in [0.29, 0.717) is 17.3 Å². The van der Waals surface area contributed by atoms with Crippen molar-refractivity contribution in [3.8, 4) is 11.8 Å². The predicted octanol–water partition coefficient (Wildman–Crippen LogP) is 5.59. The average Bonchev–Trinajstić information content (AvgIpc) is 3.12. The van der Waals surface area contributed by atoms with Crippen LogP contribution in [0, 0.1) is 11.3 Å². The summed E-state index contributed by atoms with van der Waals surface area (Å²) in [4.78, 5) is 12.6. The summed E-state index contributed by atoms with van der Waals surface area (Å²) in [6.45, 7) is 0.632. The van der Waals surface area contributed by atoms with E-state index in [4.69, 9.17) is 11.6 Å². The average molecular weight is 428 g/mol. The lowest BCUT2D eigenvalue weighted by Gasteiger charge is -2.05. The zero-order valence-corrected chi connectivity index (χ0v) is 17.2. The van der Waals surface area contributed by atoms with Gasteiger partial charge in [0.25, 0.3) is 5.91 Å². The number of nitriles is 1. The molecule has 6 heteroatoms. The quantitative estimate of drug-likeness (QED) is 0.247. The number of carbonyl (C=O) groups excluding carboxylic acids is 1. The van der Waals surface area contributed by atoms with Crippen molar-refractivity contribution in [2.45, 2.75) is 6.54 Å². The maximum Gasteiger partial charge on any atom is 0.266 e. The van der Waals surface area contributed by atoms with Crippen LogP contribution in [-0.4, -0.2) is 15.6 Å². The Morgan fingerprint density at radius 1 is 1.06 bits per heavy atom. The van der Waals surface area contributed by atoms with E-state index in [1.807, 2.05) is 60.8 Å². The maximum atomic E-state index is 12.6. The summed E-state index contributed by atoms with van der Waals surface area (Å²) in [5.74, 6) is -0.412. The van der Waals surface area contributed by atoms with Crippen LogP contribution in [0.15, 0.2) is 84.6 Å². The van der Waals surface area contributed by atoms with E-state index in [0.717, 1.165) is 22.0 Å². The van der Waals surface area contributed by atoms with Crippen molar-refractivity contribution in [3.05, 3.63) is 101 Å². The molecule has 4 rings (SSSR count). The number of anilines is 1. The zero-order valence-electron chi connectivity index (χ0n) is 16.4. The van der Waals surface area contributed by atoms with Crippen molar-refractivity contribution in [3.63, 3.8) is 0 Å². The van der Waals surface area contributed by atoms with Crippen molar-refractivity contribution >= 4 is 40.2 Å². The molecule has 2 N–H and O–H groups in total. The molecule has 4 aromatic rings. The molecule has 0 aliphatic heterocycles. The predicted molar refractivity (Wildman–Crippen MR) is 123 cm³/mol. The van der Waals surface area contributed by atoms with Gasteiger partial charge in [-0.05, 0) is 54.1 Å². The van der Waals surface area contributed by atoms with Crippen molar-refractivity contribution in [1.82, 2.24) is 4.57 Å². The molecule has 0 atom stereocenters. The highest BCUT2D eigenvalue weighted by molar-refractivity contribution is 6.30. The normalized spacial score (nSPS) is 11.3. The number of hydrogen-bond donors (Lipinski definition) is 2. The first-order valence-electron chi connectivity index (χ1n) is 9.58. The number of carbonyl (C=O) groups is 1. The highest BCUT2D eigenvalue weighted by Crippen LogP contribution is 2.25. The van der Waals surface area contributed by atoms with E-state index in [1.165, 1.54) is 12.1 Å². The number of nitrogens with zero attached hydrogens (tertiary/aromatic N) is 2. The number of aromatic nitrogens is 1. The fourth-order valence-corrected chi connectivity index (χ4v) is 3.48. The van der Waals surface area contributed by atoms with Crippen molar-refractivity contribution in [2.24, 2.45) is 0 Å². The van der Waals surface area contributed by atoms with Crippen LogP contribution in [0.3, 0.4) is 0 Å². The molecule has 0 bridgehead atoms. The van der Waals surface area contributed by atoms with Gasteiger partial charge in [0.1, 0.15) is 17.4 Å². The van der Waals surface area contributed by atoms with Gasteiger partial charge in [-0.3, -0.25) is 4.79 Å². The Kier molecular flexibility index (Phi) is 5.74. The summed E-state index contributed by atoms with van der Waals surface area (Å²) in [6, 6.07) is 23.6. The molecule has 152 valence electrons. The fraction of sp³-hybridized carbons (Fsp3) is 0.0400. The van der Waals surface area contributed by atoms with Crippen LogP contribution in [-0.2, 0) is 11.3 Å². The lowest BCUT2D eigenvalue weighted by atomic mass is 10.1. The molecule has 0 saturated carbocycles. The minimum absolute atomic E-state index is 0.0116. The van der Waals surface area contributed by atoms with Gasteiger partial charge < -0.3 is 15.0 Å². The number of para-hydroxylation sites is 1. The molecule has 0 aliphatic carbocycles. The molecular formula is C25H18ClN3O2. The minimum Gasteiger partial charge on any atom is -0.508 e. The lowest BCUT2D eigenvalue weighted by Crippen LogP contribution is -2.13. The molecule has 31 heavy (non-hydrogen) atoms. The van der Waals surface area contributed by atoms with Crippen LogP contribution >= 0.6 is 11.6 Å². The Morgan fingerprint density at radius 2 is 1.77 bits per heavy atom. The molecule has 0 aliphatic rings. The van der Waals surface area contributed by atoms with E-state index in [-0.39, 0.29) is 11.3 Å². The second kappa shape index (κ2) is 8.78. The fourth-order valence-electron chi connectivity index (χ4n) is 3.35. The molecule has 0 saturated heterocycles. The number of hydrogen-bond acceptors (Lipinski definition) is 3. The highest BCUT2D eigenvalue weighted by Gasteiger charge is 2.13. The van der Waals surface area contributed by atoms with Gasteiger partial charge in [0.05, 0.1) is 0 Å². The number of halogens is 1. The maximum absolute atomic E-state index is 12.6. The topological polar surface area (TPSA) is 78.0 Å². The first kappa shape index (κ1) is 20.3. The number of benzene rings is 3. The van der Waals surface area contributed by atoms with Crippen molar-refractivity contribution < 1.29 is 9.90 Å². The molecule has 0 radical (unpaired) electrons. The highest BCUT2D eigenvalue weighted by atomic mass is 35.5. The molecule has 5 nitrogen and oxygen atoms in total. The number of amides is 1. The molecule has 3 aromatic carbocycles. The molecule has 0 fully saturated rings. The third kappa shape index (κ3) is 4.61. The number of fused-ring (bicyclic) bond motifs is 1. The van der Waals surface area contributed by atoms with Gasteiger partial charge in [-0.2, -0.15) is 5.26 Å². The Hall–Kier alpha value is -4.01. The summed E-state index contributed by atoms with van der Waals surface area (Å²) >= 11 is 5.99. The molecular weight excluding hydrogens is 410 g/mol. The number of phenols is 1. The second-order valence-corrected chi connectivity index (χ2v) is 7.46. The zero-order chi connectivity index (χ0) is 21.8. The molecule has 1 aromatic heterocycles. The van der Waals surface area contributed by atoms with Crippen LogP contribution in [0.1, 0.15) is 11.1 Å². The number of aromatic hydroxyl groups is 1. The summed E-state index contributed by atoms with van der Waals surface area (Å²) in [6.07, 6.45) is 3.53. The Bertz CT molecular complexity index is 1310. The third-order valence-electron chi connectivity index (χ3n) is 4.88. The van der Waals surface area contributed by atoms with Gasteiger partial charge in [-0.15, -0.1) is 0 Å². The van der Waals surface area contributed by atoms with Gasteiger partial charge in [-0.1, -0.05) is 41.9 Å². The number of phenolic OH excluding ortho intramolecular Hbond substituents is 1. The first-order chi connectivity index (χ1) is 15.0. The van der Waals surface area contributed by atoms with E-state index in [1.54, 1.807) is 18.2 Å². The van der Waals surface area contributed by atoms with Crippen LogP contribution in [0.4, 0.5) is 5.69 Å². The standard InChI is InChI=1S/C25H18ClN3O2/c26-20-7-5-17(6-8-20)15-29-16-19(23-3-1-2-4-24(23)29)13-18(14-27)25(31)28-21-9-11-22(30)12-10-21/h1-13,16,30H,15H2,(H,28,31). The Morgan fingerprint density at radius 3 is 2.48 bits per heavy atom. The largest absolute Gasteiger partial charge is 0.508 e. The smallest absolute Gasteiger partial charge is 0.266 e. The van der Waals surface area contributed by atoms with Gasteiger partial charge in [-0.25, -0.2) is 0 Å². The van der Waals surface area contributed by atoms with E-state index < -0.39 is 5.91 Å². The molecule has 0 unspecified atom stereocenters. The Labute approximate surface area is 184 Å². The first-order valence-corrected chi connectivity index (χ1v) is 9.96.